The maximum Gasteiger partial charge on any atom is 0.0715 e. The van der Waals surface area contributed by atoms with Crippen molar-refractivity contribution in [2.24, 2.45) is 0 Å². The summed E-state index contributed by atoms with van der Waals surface area (Å²) in [6, 6.07) is 4.57. The largest absolute Gasteiger partial charge is 0.389 e. The zero-order chi connectivity index (χ0) is 14.8. The standard InChI is InChI=1S/C17H29NO/c1-12-8-14(16(3,4)5)9-13(2)15(12)10-18-11-17(6,7)19/h8-9,18-19H,10-11H2,1-7H3. The maximum absolute atomic E-state index is 9.72. The Kier molecular flexibility index (Phi) is 4.81. The van der Waals surface area contributed by atoms with Crippen molar-refractivity contribution in [2.75, 3.05) is 6.54 Å². The van der Waals surface area contributed by atoms with Crippen LogP contribution >= 0.6 is 0 Å². The first-order valence-electron chi connectivity index (χ1n) is 7.04. The fourth-order valence-electron chi connectivity index (χ4n) is 2.20. The third kappa shape index (κ3) is 4.96. The van der Waals surface area contributed by atoms with Crippen LogP contribution in [-0.4, -0.2) is 17.3 Å². The van der Waals surface area contributed by atoms with Crippen molar-refractivity contribution in [2.45, 2.75) is 66.0 Å². The van der Waals surface area contributed by atoms with Crippen LogP contribution in [0.5, 0.6) is 0 Å². The predicted molar refractivity (Wildman–Crippen MR) is 82.6 cm³/mol. The summed E-state index contributed by atoms with van der Waals surface area (Å²) < 4.78 is 0. The summed E-state index contributed by atoms with van der Waals surface area (Å²) in [4.78, 5) is 0. The minimum Gasteiger partial charge on any atom is -0.389 e. The Morgan fingerprint density at radius 3 is 1.84 bits per heavy atom. The number of aryl methyl sites for hydroxylation is 2. The Morgan fingerprint density at radius 2 is 1.47 bits per heavy atom. The molecule has 108 valence electrons. The molecular formula is C17H29NO. The van der Waals surface area contributed by atoms with E-state index < -0.39 is 5.60 Å². The minimum atomic E-state index is -0.660. The Hall–Kier alpha value is -0.860. The van der Waals surface area contributed by atoms with E-state index in [1.165, 1.54) is 22.3 Å². The van der Waals surface area contributed by atoms with E-state index >= 15 is 0 Å². The summed E-state index contributed by atoms with van der Waals surface area (Å²) in [6.45, 7) is 16.1. The first-order valence-corrected chi connectivity index (χ1v) is 7.04. The molecule has 0 radical (unpaired) electrons. The number of benzene rings is 1. The fourth-order valence-corrected chi connectivity index (χ4v) is 2.20. The highest BCUT2D eigenvalue weighted by atomic mass is 16.3. The van der Waals surface area contributed by atoms with E-state index in [0.717, 1.165) is 6.54 Å². The second kappa shape index (κ2) is 5.64. The first kappa shape index (κ1) is 16.2. The Balaban J connectivity index is 2.87. The second-order valence-electron chi connectivity index (χ2n) is 7.25. The fraction of sp³-hybridized carbons (Fsp3) is 0.647. The van der Waals surface area contributed by atoms with Gasteiger partial charge in [-0.1, -0.05) is 32.9 Å². The highest BCUT2D eigenvalue weighted by Crippen LogP contribution is 2.26. The van der Waals surface area contributed by atoms with Gasteiger partial charge < -0.3 is 10.4 Å². The maximum atomic E-state index is 9.72. The van der Waals surface area contributed by atoms with E-state index in [-0.39, 0.29) is 5.41 Å². The second-order valence-corrected chi connectivity index (χ2v) is 7.25. The molecule has 0 fully saturated rings. The Labute approximate surface area is 118 Å². The molecular weight excluding hydrogens is 234 g/mol. The van der Waals surface area contributed by atoms with Gasteiger partial charge in [0.05, 0.1) is 5.60 Å². The molecule has 2 N–H and O–H groups in total. The lowest BCUT2D eigenvalue weighted by molar-refractivity contribution is 0.0794. The molecule has 0 aliphatic carbocycles. The molecule has 0 heterocycles. The number of rotatable bonds is 4. The minimum absolute atomic E-state index is 0.189. The number of aliphatic hydroxyl groups is 1. The van der Waals surface area contributed by atoms with Gasteiger partial charge in [0.1, 0.15) is 0 Å². The van der Waals surface area contributed by atoms with Crippen molar-refractivity contribution in [3.05, 3.63) is 34.4 Å². The molecule has 0 spiro atoms. The van der Waals surface area contributed by atoms with Crippen LogP contribution in [0.4, 0.5) is 0 Å². The molecule has 2 nitrogen and oxygen atoms in total. The van der Waals surface area contributed by atoms with E-state index in [2.05, 4.69) is 52.1 Å². The van der Waals surface area contributed by atoms with E-state index in [4.69, 9.17) is 0 Å². The highest BCUT2D eigenvalue weighted by Gasteiger charge is 2.17. The van der Waals surface area contributed by atoms with Crippen molar-refractivity contribution in [1.82, 2.24) is 5.32 Å². The number of hydrogen-bond acceptors (Lipinski definition) is 2. The Morgan fingerprint density at radius 1 is 1.00 bits per heavy atom. The van der Waals surface area contributed by atoms with Gasteiger partial charge in [-0.15, -0.1) is 0 Å². The van der Waals surface area contributed by atoms with Crippen LogP contribution in [0.3, 0.4) is 0 Å². The van der Waals surface area contributed by atoms with Crippen molar-refractivity contribution in [3.63, 3.8) is 0 Å². The quantitative estimate of drug-likeness (QED) is 0.872. The summed E-state index contributed by atoms with van der Waals surface area (Å²) in [5.41, 5.74) is 4.91. The predicted octanol–water partition coefficient (Wildman–Crippen LogP) is 3.46. The van der Waals surface area contributed by atoms with Crippen LogP contribution in [0.2, 0.25) is 0 Å². The van der Waals surface area contributed by atoms with Gasteiger partial charge in [-0.2, -0.15) is 0 Å². The monoisotopic (exact) mass is 263 g/mol. The zero-order valence-electron chi connectivity index (χ0n) is 13.5. The van der Waals surface area contributed by atoms with Gasteiger partial charge in [0.2, 0.25) is 0 Å². The van der Waals surface area contributed by atoms with Crippen molar-refractivity contribution < 1.29 is 5.11 Å². The summed E-state index contributed by atoms with van der Waals surface area (Å²) in [6.07, 6.45) is 0. The van der Waals surface area contributed by atoms with Crippen molar-refractivity contribution in [3.8, 4) is 0 Å². The lowest BCUT2D eigenvalue weighted by Gasteiger charge is -2.23. The molecule has 0 unspecified atom stereocenters. The van der Waals surface area contributed by atoms with Crippen molar-refractivity contribution >= 4 is 0 Å². The molecule has 0 saturated carbocycles. The summed E-state index contributed by atoms with van der Waals surface area (Å²) >= 11 is 0. The summed E-state index contributed by atoms with van der Waals surface area (Å²) in [7, 11) is 0. The molecule has 2 heteroatoms. The van der Waals surface area contributed by atoms with Gasteiger partial charge in [0.25, 0.3) is 0 Å². The first-order chi connectivity index (χ1) is 8.50. The third-order valence-electron chi connectivity index (χ3n) is 3.42. The SMILES string of the molecule is Cc1cc(C(C)(C)C)cc(C)c1CNCC(C)(C)O. The molecule has 1 aromatic rings. The van der Waals surface area contributed by atoms with E-state index in [1.807, 2.05) is 13.8 Å². The summed E-state index contributed by atoms with van der Waals surface area (Å²) in [5.74, 6) is 0. The van der Waals surface area contributed by atoms with Crippen LogP contribution < -0.4 is 5.32 Å². The van der Waals surface area contributed by atoms with Crippen molar-refractivity contribution in [1.29, 1.82) is 0 Å². The van der Waals surface area contributed by atoms with Crippen LogP contribution in [-0.2, 0) is 12.0 Å². The normalized spacial score (nSPS) is 12.8. The lowest BCUT2D eigenvalue weighted by atomic mass is 9.84. The average molecular weight is 263 g/mol. The number of hydrogen-bond donors (Lipinski definition) is 2. The molecule has 0 atom stereocenters. The van der Waals surface area contributed by atoms with E-state index in [0.29, 0.717) is 6.54 Å². The molecule has 0 saturated heterocycles. The van der Waals surface area contributed by atoms with Crippen LogP contribution in [0, 0.1) is 13.8 Å². The average Bonchev–Trinajstić information content (AvgIpc) is 2.18. The molecule has 1 rings (SSSR count). The van der Waals surface area contributed by atoms with E-state index in [1.54, 1.807) is 0 Å². The topological polar surface area (TPSA) is 32.3 Å². The lowest BCUT2D eigenvalue weighted by Crippen LogP contribution is -2.34. The van der Waals surface area contributed by atoms with E-state index in [9.17, 15) is 5.11 Å². The number of nitrogens with one attached hydrogen (secondary N) is 1. The van der Waals surface area contributed by atoms with Gasteiger partial charge in [-0.3, -0.25) is 0 Å². The molecule has 0 aliphatic heterocycles. The van der Waals surface area contributed by atoms with Gasteiger partial charge in [-0.25, -0.2) is 0 Å². The van der Waals surface area contributed by atoms with Gasteiger partial charge in [-0.05, 0) is 55.4 Å². The van der Waals surface area contributed by atoms with Crippen LogP contribution in [0.25, 0.3) is 0 Å². The molecule has 0 aliphatic rings. The van der Waals surface area contributed by atoms with Gasteiger partial charge >= 0.3 is 0 Å². The molecule has 0 aromatic heterocycles. The molecule has 19 heavy (non-hydrogen) atoms. The zero-order valence-corrected chi connectivity index (χ0v) is 13.5. The Bertz CT molecular complexity index is 413. The highest BCUT2D eigenvalue weighted by molar-refractivity contribution is 5.40. The van der Waals surface area contributed by atoms with Gasteiger partial charge in [0, 0.05) is 13.1 Å². The molecule has 0 amide bonds. The van der Waals surface area contributed by atoms with Crippen LogP contribution in [0.15, 0.2) is 12.1 Å². The third-order valence-corrected chi connectivity index (χ3v) is 3.42. The molecule has 0 bridgehead atoms. The van der Waals surface area contributed by atoms with Gasteiger partial charge in [0.15, 0.2) is 0 Å². The smallest absolute Gasteiger partial charge is 0.0715 e. The molecule has 1 aromatic carbocycles. The van der Waals surface area contributed by atoms with Crippen LogP contribution in [0.1, 0.15) is 56.9 Å². The summed E-state index contributed by atoms with van der Waals surface area (Å²) in [5, 5.41) is 13.1.